The highest BCUT2D eigenvalue weighted by Gasteiger charge is 2.16. The van der Waals surface area contributed by atoms with Crippen LogP contribution in [0.2, 0.25) is 0 Å². The van der Waals surface area contributed by atoms with Gasteiger partial charge in [-0.1, -0.05) is 6.42 Å². The largest absolute Gasteiger partial charge is 0.481 e. The summed E-state index contributed by atoms with van der Waals surface area (Å²) in [7, 11) is 0. The third-order valence-electron chi connectivity index (χ3n) is 1.94. The van der Waals surface area contributed by atoms with Crippen LogP contribution in [0.25, 0.3) is 0 Å². The summed E-state index contributed by atoms with van der Waals surface area (Å²) in [6, 6.07) is -0.716. The van der Waals surface area contributed by atoms with E-state index in [0.717, 1.165) is 12.8 Å². The normalized spacial score (nSPS) is 12.2. The zero-order valence-corrected chi connectivity index (χ0v) is 10.9. The Hall–Kier alpha value is -1.75. The predicted molar refractivity (Wildman–Crippen MR) is 68.0 cm³/mol. The van der Waals surface area contributed by atoms with Crippen molar-refractivity contribution in [2.75, 3.05) is 6.54 Å². The standard InChI is InChI=1S/C6H14N2O2.C4H6O5.H2O/c7-4-2-1-3-5(8)6(9)10;5-2(4(8)9)1-3(6)7;/h5H,1-4,7-8H2,(H,9,10);2,5H,1H2,(H,6,7)(H,8,9);1H2/t5-;;/m0../s1. The van der Waals surface area contributed by atoms with Gasteiger partial charge in [-0.2, -0.15) is 0 Å². The second-order valence-corrected chi connectivity index (χ2v) is 3.68. The zero-order valence-electron chi connectivity index (χ0n) is 10.9. The molecular weight excluding hydrogens is 276 g/mol. The van der Waals surface area contributed by atoms with E-state index < -0.39 is 36.5 Å². The van der Waals surface area contributed by atoms with Crippen molar-refractivity contribution in [1.29, 1.82) is 0 Å². The molecule has 120 valence electrons. The van der Waals surface area contributed by atoms with Crippen LogP contribution in [0.5, 0.6) is 0 Å². The second kappa shape index (κ2) is 13.7. The van der Waals surface area contributed by atoms with Crippen molar-refractivity contribution >= 4 is 17.9 Å². The van der Waals surface area contributed by atoms with Gasteiger partial charge in [0.15, 0.2) is 6.10 Å². The van der Waals surface area contributed by atoms with Crippen molar-refractivity contribution in [2.45, 2.75) is 37.8 Å². The fourth-order valence-electron chi connectivity index (χ4n) is 0.885. The first-order chi connectivity index (χ1) is 8.72. The number of aliphatic carboxylic acids is 3. The molecule has 0 aliphatic heterocycles. The predicted octanol–water partition coefficient (Wildman–Crippen LogP) is -2.39. The molecule has 20 heavy (non-hydrogen) atoms. The maximum Gasteiger partial charge on any atom is 0.333 e. The SMILES string of the molecule is NCCCC[C@H](N)C(=O)O.O.O=C(O)CC(O)C(=O)O. The number of aliphatic hydroxyl groups is 1. The van der Waals surface area contributed by atoms with Crippen molar-refractivity contribution in [2.24, 2.45) is 11.5 Å². The Morgan fingerprint density at radius 3 is 1.75 bits per heavy atom. The quantitative estimate of drug-likeness (QED) is 0.263. The van der Waals surface area contributed by atoms with Crippen molar-refractivity contribution in [3.05, 3.63) is 0 Å². The molecule has 2 atom stereocenters. The monoisotopic (exact) mass is 298 g/mol. The van der Waals surface area contributed by atoms with Gasteiger partial charge < -0.3 is 37.4 Å². The number of carboxylic acids is 3. The van der Waals surface area contributed by atoms with E-state index in [9.17, 15) is 14.4 Å². The first-order valence-electron chi connectivity index (χ1n) is 5.53. The third kappa shape index (κ3) is 16.2. The summed E-state index contributed by atoms with van der Waals surface area (Å²) in [5.74, 6) is -3.78. The lowest BCUT2D eigenvalue weighted by molar-refractivity contribution is -0.152. The van der Waals surface area contributed by atoms with Crippen LogP contribution in [0.3, 0.4) is 0 Å². The molecule has 0 aromatic rings. The van der Waals surface area contributed by atoms with E-state index in [2.05, 4.69) is 0 Å². The van der Waals surface area contributed by atoms with Gasteiger partial charge in [0, 0.05) is 0 Å². The Balaban J connectivity index is -0.000000277. The minimum absolute atomic E-state index is 0. The number of nitrogens with two attached hydrogens (primary N) is 2. The van der Waals surface area contributed by atoms with Crippen LogP contribution < -0.4 is 11.5 Å². The molecule has 0 spiro atoms. The summed E-state index contributed by atoms with van der Waals surface area (Å²) < 4.78 is 0. The van der Waals surface area contributed by atoms with Gasteiger partial charge in [0.05, 0.1) is 6.42 Å². The zero-order chi connectivity index (χ0) is 15.4. The molecule has 0 fully saturated rings. The van der Waals surface area contributed by atoms with Gasteiger partial charge in [0.1, 0.15) is 6.04 Å². The molecule has 10 N–H and O–H groups in total. The Kier molecular flexibility index (Phi) is 16.0. The van der Waals surface area contributed by atoms with Crippen LogP contribution in [0.15, 0.2) is 0 Å². The molecule has 0 aromatic carbocycles. The van der Waals surface area contributed by atoms with Gasteiger partial charge in [-0.05, 0) is 19.4 Å². The maximum atomic E-state index is 10.1. The Morgan fingerprint density at radius 2 is 1.50 bits per heavy atom. The highest BCUT2D eigenvalue weighted by Crippen LogP contribution is 1.97. The molecule has 0 radical (unpaired) electrons. The summed E-state index contributed by atoms with van der Waals surface area (Å²) >= 11 is 0. The molecule has 0 saturated heterocycles. The Bertz CT molecular complexity index is 297. The molecule has 0 aliphatic carbocycles. The number of carbonyl (C=O) groups is 3. The summed E-state index contributed by atoms with van der Waals surface area (Å²) in [5, 5.41) is 32.5. The highest BCUT2D eigenvalue weighted by molar-refractivity contribution is 5.79. The van der Waals surface area contributed by atoms with E-state index in [1.807, 2.05) is 0 Å². The lowest BCUT2D eigenvalue weighted by Crippen LogP contribution is -2.29. The summed E-state index contributed by atoms with van der Waals surface area (Å²) in [4.78, 5) is 29.5. The lowest BCUT2D eigenvalue weighted by atomic mass is 10.1. The first kappa shape index (κ1) is 23.4. The third-order valence-corrected chi connectivity index (χ3v) is 1.94. The first-order valence-corrected chi connectivity index (χ1v) is 5.53. The van der Waals surface area contributed by atoms with Crippen LogP contribution in [0.1, 0.15) is 25.7 Å². The van der Waals surface area contributed by atoms with Crippen molar-refractivity contribution < 1.29 is 40.3 Å². The van der Waals surface area contributed by atoms with E-state index >= 15 is 0 Å². The molecule has 10 nitrogen and oxygen atoms in total. The molecule has 0 bridgehead atoms. The average Bonchev–Trinajstić information content (AvgIpc) is 2.28. The number of hydrogen-bond acceptors (Lipinski definition) is 6. The van der Waals surface area contributed by atoms with Crippen LogP contribution in [-0.4, -0.2) is 62.5 Å². The summed E-state index contributed by atoms with van der Waals surface area (Å²) in [5.41, 5.74) is 10.4. The minimum Gasteiger partial charge on any atom is -0.481 e. The van der Waals surface area contributed by atoms with Crippen LogP contribution in [0.4, 0.5) is 0 Å². The van der Waals surface area contributed by atoms with E-state index in [1.54, 1.807) is 0 Å². The molecule has 10 heteroatoms. The Morgan fingerprint density at radius 1 is 1.00 bits per heavy atom. The second-order valence-electron chi connectivity index (χ2n) is 3.68. The Labute approximate surface area is 115 Å². The van der Waals surface area contributed by atoms with E-state index in [1.165, 1.54) is 0 Å². The number of carboxylic acid groups (broad SMARTS) is 3. The minimum atomic E-state index is -1.79. The van der Waals surface area contributed by atoms with Crippen molar-refractivity contribution in [3.8, 4) is 0 Å². The summed E-state index contributed by atoms with van der Waals surface area (Å²) in [6.07, 6.45) is -0.380. The molecular formula is C10H22N2O8. The molecule has 0 saturated carbocycles. The van der Waals surface area contributed by atoms with Crippen molar-refractivity contribution in [3.63, 3.8) is 0 Å². The number of unbranched alkanes of at least 4 members (excludes halogenated alkanes) is 1. The maximum absolute atomic E-state index is 10.1. The van der Waals surface area contributed by atoms with Gasteiger partial charge in [-0.15, -0.1) is 0 Å². The topological polar surface area (TPSA) is 216 Å². The molecule has 0 aromatic heterocycles. The van der Waals surface area contributed by atoms with Gasteiger partial charge in [-0.25, -0.2) is 4.79 Å². The molecule has 1 unspecified atom stereocenters. The van der Waals surface area contributed by atoms with E-state index in [4.69, 9.17) is 31.9 Å². The lowest BCUT2D eigenvalue weighted by Gasteiger charge is -2.03. The van der Waals surface area contributed by atoms with Gasteiger partial charge in [-0.3, -0.25) is 9.59 Å². The molecule has 0 aliphatic rings. The smallest absolute Gasteiger partial charge is 0.333 e. The number of rotatable bonds is 8. The fraction of sp³-hybridized carbons (Fsp3) is 0.700. The fourth-order valence-corrected chi connectivity index (χ4v) is 0.885. The van der Waals surface area contributed by atoms with Gasteiger partial charge in [0.2, 0.25) is 0 Å². The number of aliphatic hydroxyl groups excluding tert-OH is 1. The van der Waals surface area contributed by atoms with Gasteiger partial charge in [0.25, 0.3) is 0 Å². The van der Waals surface area contributed by atoms with E-state index in [0.29, 0.717) is 13.0 Å². The van der Waals surface area contributed by atoms with Crippen molar-refractivity contribution in [1.82, 2.24) is 0 Å². The summed E-state index contributed by atoms with van der Waals surface area (Å²) in [6.45, 7) is 0.604. The van der Waals surface area contributed by atoms with Crippen LogP contribution in [0, 0.1) is 0 Å². The molecule has 0 amide bonds. The molecule has 0 heterocycles. The highest BCUT2D eigenvalue weighted by atomic mass is 16.4. The molecule has 0 rings (SSSR count). The van der Waals surface area contributed by atoms with Crippen LogP contribution >= 0.6 is 0 Å². The van der Waals surface area contributed by atoms with Gasteiger partial charge >= 0.3 is 17.9 Å². The van der Waals surface area contributed by atoms with Crippen LogP contribution in [-0.2, 0) is 14.4 Å². The number of hydrogen-bond donors (Lipinski definition) is 6. The average molecular weight is 298 g/mol. The van der Waals surface area contributed by atoms with E-state index in [-0.39, 0.29) is 5.48 Å².